The number of aromatic hydroxyl groups is 1. The van der Waals surface area contributed by atoms with Crippen molar-refractivity contribution in [2.75, 3.05) is 27.4 Å². The van der Waals surface area contributed by atoms with Gasteiger partial charge >= 0.3 is 0 Å². The van der Waals surface area contributed by atoms with Gasteiger partial charge in [0.05, 0.1) is 14.2 Å². The van der Waals surface area contributed by atoms with E-state index in [-0.39, 0.29) is 18.4 Å². The number of aliphatic hydroxyl groups excluding tert-OH is 1. The SMILES string of the molecule is COc1ccc(C(C)NCC(O)COc2ccc(O)cc2)cc1OC. The first-order valence-electron chi connectivity index (χ1n) is 8.08. The molecule has 2 aromatic carbocycles. The van der Waals surface area contributed by atoms with E-state index >= 15 is 0 Å². The fourth-order valence-electron chi connectivity index (χ4n) is 2.35. The van der Waals surface area contributed by atoms with Crippen LogP contribution in [0.15, 0.2) is 42.5 Å². The van der Waals surface area contributed by atoms with Crippen molar-refractivity contribution >= 4 is 0 Å². The Morgan fingerprint density at radius 2 is 1.68 bits per heavy atom. The minimum absolute atomic E-state index is 0.0307. The molecule has 2 rings (SSSR count). The maximum Gasteiger partial charge on any atom is 0.161 e. The number of nitrogens with one attached hydrogen (secondary N) is 1. The summed E-state index contributed by atoms with van der Waals surface area (Å²) in [5.74, 6) is 2.13. The van der Waals surface area contributed by atoms with E-state index in [1.807, 2.05) is 25.1 Å². The van der Waals surface area contributed by atoms with E-state index in [1.54, 1.807) is 38.5 Å². The minimum atomic E-state index is -0.656. The molecule has 0 amide bonds. The van der Waals surface area contributed by atoms with Crippen LogP contribution >= 0.6 is 0 Å². The molecule has 0 aliphatic rings. The normalized spacial score (nSPS) is 13.1. The molecule has 136 valence electrons. The topological polar surface area (TPSA) is 80.2 Å². The third-order valence-corrected chi connectivity index (χ3v) is 3.85. The molecule has 0 spiro atoms. The zero-order valence-corrected chi connectivity index (χ0v) is 14.7. The van der Waals surface area contributed by atoms with E-state index in [4.69, 9.17) is 14.2 Å². The second kappa shape index (κ2) is 9.15. The largest absolute Gasteiger partial charge is 0.508 e. The molecule has 6 heteroatoms. The van der Waals surface area contributed by atoms with Crippen molar-refractivity contribution in [1.29, 1.82) is 0 Å². The lowest BCUT2D eigenvalue weighted by Gasteiger charge is -2.19. The summed E-state index contributed by atoms with van der Waals surface area (Å²) in [4.78, 5) is 0. The number of aliphatic hydroxyl groups is 1. The lowest BCUT2D eigenvalue weighted by atomic mass is 10.1. The monoisotopic (exact) mass is 347 g/mol. The Kier molecular flexibility index (Phi) is 6.91. The summed E-state index contributed by atoms with van der Waals surface area (Å²) in [5, 5.41) is 22.6. The molecule has 0 saturated carbocycles. The molecule has 2 aromatic rings. The van der Waals surface area contributed by atoms with Crippen molar-refractivity contribution in [1.82, 2.24) is 5.32 Å². The Morgan fingerprint density at radius 1 is 1.00 bits per heavy atom. The van der Waals surface area contributed by atoms with Gasteiger partial charge in [-0.1, -0.05) is 6.07 Å². The van der Waals surface area contributed by atoms with Gasteiger partial charge in [-0.2, -0.15) is 0 Å². The maximum atomic E-state index is 10.1. The van der Waals surface area contributed by atoms with Crippen molar-refractivity contribution in [2.45, 2.75) is 19.1 Å². The summed E-state index contributed by atoms with van der Waals surface area (Å²) >= 11 is 0. The highest BCUT2D eigenvalue weighted by molar-refractivity contribution is 5.43. The summed E-state index contributed by atoms with van der Waals surface area (Å²) in [6, 6.07) is 12.1. The second-order valence-corrected chi connectivity index (χ2v) is 5.70. The number of phenols is 1. The molecule has 3 N–H and O–H groups in total. The lowest BCUT2D eigenvalue weighted by molar-refractivity contribution is 0.104. The Hall–Kier alpha value is -2.44. The highest BCUT2D eigenvalue weighted by Crippen LogP contribution is 2.29. The van der Waals surface area contributed by atoms with Gasteiger partial charge in [-0.05, 0) is 48.9 Å². The molecular formula is C19H25NO5. The standard InChI is InChI=1S/C19H25NO5/c1-13(14-4-9-18(23-2)19(10-14)24-3)20-11-16(22)12-25-17-7-5-15(21)6-8-17/h4-10,13,16,20-22H,11-12H2,1-3H3. The van der Waals surface area contributed by atoms with E-state index in [1.165, 1.54) is 0 Å². The third kappa shape index (κ3) is 5.55. The average Bonchev–Trinajstić information content (AvgIpc) is 2.64. The molecule has 0 radical (unpaired) electrons. The van der Waals surface area contributed by atoms with Crippen molar-refractivity contribution in [2.24, 2.45) is 0 Å². The first kappa shape index (κ1) is 18.9. The second-order valence-electron chi connectivity index (χ2n) is 5.70. The molecule has 0 heterocycles. The number of phenolic OH excluding ortho intramolecular Hbond substituents is 1. The number of hydrogen-bond donors (Lipinski definition) is 3. The molecular weight excluding hydrogens is 322 g/mol. The number of methoxy groups -OCH3 is 2. The fourth-order valence-corrected chi connectivity index (χ4v) is 2.35. The Bertz CT molecular complexity index is 659. The van der Waals surface area contributed by atoms with Crippen LogP contribution in [0.4, 0.5) is 0 Å². The molecule has 0 fully saturated rings. The van der Waals surface area contributed by atoms with Gasteiger partial charge in [0.25, 0.3) is 0 Å². The first-order chi connectivity index (χ1) is 12.0. The van der Waals surface area contributed by atoms with Crippen LogP contribution in [-0.2, 0) is 0 Å². The maximum absolute atomic E-state index is 10.1. The molecule has 0 aliphatic heterocycles. The average molecular weight is 347 g/mol. The highest BCUT2D eigenvalue weighted by Gasteiger charge is 2.12. The van der Waals surface area contributed by atoms with Gasteiger partial charge in [-0.3, -0.25) is 0 Å². The first-order valence-corrected chi connectivity index (χ1v) is 8.08. The van der Waals surface area contributed by atoms with Crippen LogP contribution in [0.25, 0.3) is 0 Å². The molecule has 0 saturated heterocycles. The number of rotatable bonds is 9. The van der Waals surface area contributed by atoms with E-state index in [0.717, 1.165) is 5.56 Å². The van der Waals surface area contributed by atoms with Crippen molar-refractivity contribution in [3.05, 3.63) is 48.0 Å². The summed E-state index contributed by atoms with van der Waals surface area (Å²) < 4.78 is 16.0. The van der Waals surface area contributed by atoms with Crippen molar-refractivity contribution in [3.8, 4) is 23.0 Å². The van der Waals surface area contributed by atoms with E-state index in [2.05, 4.69) is 5.32 Å². The molecule has 25 heavy (non-hydrogen) atoms. The van der Waals surface area contributed by atoms with Crippen LogP contribution in [0.1, 0.15) is 18.5 Å². The summed E-state index contributed by atoms with van der Waals surface area (Å²) in [6.07, 6.45) is -0.656. The van der Waals surface area contributed by atoms with Gasteiger partial charge in [0.2, 0.25) is 0 Å². The molecule has 2 atom stereocenters. The summed E-state index contributed by atoms with van der Waals surface area (Å²) in [5.41, 5.74) is 1.03. The van der Waals surface area contributed by atoms with Gasteiger partial charge < -0.3 is 29.7 Å². The van der Waals surface area contributed by atoms with E-state index in [0.29, 0.717) is 23.8 Å². The smallest absolute Gasteiger partial charge is 0.161 e. The third-order valence-electron chi connectivity index (χ3n) is 3.85. The minimum Gasteiger partial charge on any atom is -0.508 e. The zero-order chi connectivity index (χ0) is 18.2. The van der Waals surface area contributed by atoms with Gasteiger partial charge in [0.1, 0.15) is 24.2 Å². The predicted molar refractivity (Wildman–Crippen MR) is 95.6 cm³/mol. The van der Waals surface area contributed by atoms with Crippen LogP contribution in [0.2, 0.25) is 0 Å². The zero-order valence-electron chi connectivity index (χ0n) is 14.7. The number of hydrogen-bond acceptors (Lipinski definition) is 6. The van der Waals surface area contributed by atoms with Crippen LogP contribution in [0.5, 0.6) is 23.0 Å². The highest BCUT2D eigenvalue weighted by atomic mass is 16.5. The quantitative estimate of drug-likeness (QED) is 0.647. The molecule has 6 nitrogen and oxygen atoms in total. The number of benzene rings is 2. The summed E-state index contributed by atoms with van der Waals surface area (Å²) in [6.45, 7) is 2.55. The molecule has 0 aromatic heterocycles. The fraction of sp³-hybridized carbons (Fsp3) is 0.368. The van der Waals surface area contributed by atoms with Crippen LogP contribution in [0.3, 0.4) is 0 Å². The molecule has 0 aliphatic carbocycles. The lowest BCUT2D eigenvalue weighted by Crippen LogP contribution is -2.33. The van der Waals surface area contributed by atoms with E-state index < -0.39 is 6.10 Å². The van der Waals surface area contributed by atoms with E-state index in [9.17, 15) is 10.2 Å². The van der Waals surface area contributed by atoms with Crippen molar-refractivity contribution < 1.29 is 24.4 Å². The van der Waals surface area contributed by atoms with Crippen LogP contribution < -0.4 is 19.5 Å². The molecule has 0 bridgehead atoms. The Labute approximate surface area is 148 Å². The molecule has 2 unspecified atom stereocenters. The van der Waals surface area contributed by atoms with Gasteiger partial charge in [-0.15, -0.1) is 0 Å². The van der Waals surface area contributed by atoms with Crippen LogP contribution in [-0.4, -0.2) is 43.7 Å². The van der Waals surface area contributed by atoms with Crippen molar-refractivity contribution in [3.63, 3.8) is 0 Å². The van der Waals surface area contributed by atoms with Gasteiger partial charge in [0.15, 0.2) is 11.5 Å². The number of ether oxygens (including phenoxy) is 3. The van der Waals surface area contributed by atoms with Gasteiger partial charge in [0, 0.05) is 12.6 Å². The predicted octanol–water partition coefficient (Wildman–Crippen LogP) is 2.50. The van der Waals surface area contributed by atoms with Crippen LogP contribution in [0, 0.1) is 0 Å². The summed E-state index contributed by atoms with van der Waals surface area (Å²) in [7, 11) is 3.20. The Balaban J connectivity index is 1.82. The van der Waals surface area contributed by atoms with Gasteiger partial charge in [-0.25, -0.2) is 0 Å². The Morgan fingerprint density at radius 3 is 2.32 bits per heavy atom.